The Hall–Kier alpha value is -0.0400. The first-order valence-corrected chi connectivity index (χ1v) is 8.67. The van der Waals surface area contributed by atoms with E-state index in [1.54, 1.807) is 0 Å². The summed E-state index contributed by atoms with van der Waals surface area (Å²) in [6.07, 6.45) is 2.70. The van der Waals surface area contributed by atoms with Crippen molar-refractivity contribution < 1.29 is 0 Å². The number of hydrogen-bond donors (Lipinski definition) is 0. The van der Waals surface area contributed by atoms with Gasteiger partial charge in [-0.1, -0.05) is 41.5 Å². The molecule has 1 saturated heterocycles. The summed E-state index contributed by atoms with van der Waals surface area (Å²) >= 11 is 0. The van der Waals surface area contributed by atoms with Gasteiger partial charge in [0.15, 0.2) is 0 Å². The normalized spacial score (nSPS) is 35.1. The summed E-state index contributed by atoms with van der Waals surface area (Å²) < 4.78 is 0. The Balaban J connectivity index is 3.20. The lowest BCUT2D eigenvalue weighted by Gasteiger charge is -2.54. The van der Waals surface area contributed by atoms with Gasteiger partial charge in [-0.3, -0.25) is 4.90 Å². The standard InChI is InChI=1S/C19H39N/c1-13(2)17-11-18(7,8)15(5)20(14(3)4)16(6)19(9,10)12-17/h13-17H,11-12H2,1-10H3. The molecule has 1 aliphatic heterocycles. The van der Waals surface area contributed by atoms with E-state index < -0.39 is 0 Å². The number of hydrogen-bond acceptors (Lipinski definition) is 1. The van der Waals surface area contributed by atoms with Crippen LogP contribution in [-0.2, 0) is 0 Å². The molecule has 20 heavy (non-hydrogen) atoms. The molecule has 1 heterocycles. The summed E-state index contributed by atoms with van der Waals surface area (Å²) in [7, 11) is 0. The maximum Gasteiger partial charge on any atom is 0.0124 e. The number of likely N-dealkylation sites (tertiary alicyclic amines) is 1. The minimum Gasteiger partial charge on any atom is -0.295 e. The van der Waals surface area contributed by atoms with Crippen LogP contribution in [-0.4, -0.2) is 23.0 Å². The van der Waals surface area contributed by atoms with Gasteiger partial charge in [-0.2, -0.15) is 0 Å². The Labute approximate surface area is 128 Å². The second-order valence-corrected chi connectivity index (χ2v) is 9.28. The van der Waals surface area contributed by atoms with Gasteiger partial charge < -0.3 is 0 Å². The SMILES string of the molecule is CC(C)C1CC(C)(C)C(C)N(C(C)C)C(C)C(C)(C)C1. The second kappa shape index (κ2) is 5.99. The van der Waals surface area contributed by atoms with Crippen LogP contribution in [0, 0.1) is 22.7 Å². The van der Waals surface area contributed by atoms with E-state index in [2.05, 4.69) is 74.1 Å². The molecule has 0 aromatic heterocycles. The first kappa shape index (κ1) is 18.0. The molecule has 0 aromatic carbocycles. The number of rotatable bonds is 2. The van der Waals surface area contributed by atoms with Gasteiger partial charge in [0.25, 0.3) is 0 Å². The third-order valence-corrected chi connectivity index (χ3v) is 6.27. The average Bonchev–Trinajstić information content (AvgIpc) is 2.25. The quantitative estimate of drug-likeness (QED) is 0.637. The predicted octanol–water partition coefficient (Wildman–Crippen LogP) is 5.59. The molecule has 2 atom stereocenters. The molecule has 2 unspecified atom stereocenters. The third-order valence-electron chi connectivity index (χ3n) is 6.27. The molecule has 1 rings (SSSR count). The van der Waals surface area contributed by atoms with Crippen molar-refractivity contribution in [3.63, 3.8) is 0 Å². The topological polar surface area (TPSA) is 3.24 Å². The monoisotopic (exact) mass is 281 g/mol. The van der Waals surface area contributed by atoms with Gasteiger partial charge in [0.05, 0.1) is 0 Å². The zero-order valence-electron chi connectivity index (χ0n) is 15.7. The summed E-state index contributed by atoms with van der Waals surface area (Å²) in [6, 6.07) is 1.89. The molecular weight excluding hydrogens is 242 g/mol. The van der Waals surface area contributed by atoms with Crippen molar-refractivity contribution in [2.45, 2.75) is 100 Å². The van der Waals surface area contributed by atoms with E-state index in [4.69, 9.17) is 0 Å². The Kier molecular flexibility index (Phi) is 5.39. The fourth-order valence-electron chi connectivity index (χ4n) is 4.27. The van der Waals surface area contributed by atoms with Gasteiger partial charge in [0, 0.05) is 18.1 Å². The van der Waals surface area contributed by atoms with E-state index in [0.29, 0.717) is 29.0 Å². The molecule has 0 aliphatic carbocycles. The lowest BCUT2D eigenvalue weighted by atomic mass is 9.64. The molecule has 1 heteroatoms. The molecule has 0 radical (unpaired) electrons. The predicted molar refractivity (Wildman–Crippen MR) is 91.0 cm³/mol. The smallest absolute Gasteiger partial charge is 0.0124 e. The molecule has 0 spiro atoms. The summed E-state index contributed by atoms with van der Waals surface area (Å²) in [5.74, 6) is 1.64. The van der Waals surface area contributed by atoms with Gasteiger partial charge in [0.2, 0.25) is 0 Å². The third kappa shape index (κ3) is 3.59. The van der Waals surface area contributed by atoms with Crippen LogP contribution in [0.5, 0.6) is 0 Å². The fourth-order valence-corrected chi connectivity index (χ4v) is 4.27. The molecule has 0 N–H and O–H groups in total. The van der Waals surface area contributed by atoms with Crippen molar-refractivity contribution in [3.05, 3.63) is 0 Å². The summed E-state index contributed by atoms with van der Waals surface area (Å²) in [4.78, 5) is 2.77. The molecule has 1 aliphatic rings. The first-order chi connectivity index (χ1) is 8.90. The maximum absolute atomic E-state index is 2.77. The van der Waals surface area contributed by atoms with Crippen molar-refractivity contribution in [3.8, 4) is 0 Å². The van der Waals surface area contributed by atoms with Crippen LogP contribution < -0.4 is 0 Å². The zero-order chi connectivity index (χ0) is 15.9. The minimum absolute atomic E-state index is 0.393. The molecule has 0 aromatic rings. The summed E-state index contributed by atoms with van der Waals surface area (Å²) in [5, 5.41) is 0. The van der Waals surface area contributed by atoms with E-state index in [0.717, 1.165) is 11.8 Å². The van der Waals surface area contributed by atoms with Crippen molar-refractivity contribution >= 4 is 0 Å². The lowest BCUT2D eigenvalue weighted by Crippen LogP contribution is -2.58. The number of nitrogens with zero attached hydrogens (tertiary/aromatic N) is 1. The van der Waals surface area contributed by atoms with E-state index in [1.807, 2.05) is 0 Å². The highest BCUT2D eigenvalue weighted by Gasteiger charge is 2.44. The van der Waals surface area contributed by atoms with Gasteiger partial charge in [0.1, 0.15) is 0 Å². The van der Waals surface area contributed by atoms with Crippen LogP contribution in [0.15, 0.2) is 0 Å². The molecule has 0 saturated carbocycles. The molecular formula is C19H39N. The van der Waals surface area contributed by atoms with E-state index in [9.17, 15) is 0 Å². The van der Waals surface area contributed by atoms with Crippen molar-refractivity contribution in [1.29, 1.82) is 0 Å². The second-order valence-electron chi connectivity index (χ2n) is 9.28. The Bertz CT molecular complexity index is 290. The van der Waals surface area contributed by atoms with Crippen molar-refractivity contribution in [2.75, 3.05) is 0 Å². The van der Waals surface area contributed by atoms with Crippen LogP contribution in [0.4, 0.5) is 0 Å². The highest BCUT2D eigenvalue weighted by molar-refractivity contribution is 4.97. The zero-order valence-corrected chi connectivity index (χ0v) is 15.7. The van der Waals surface area contributed by atoms with Gasteiger partial charge in [-0.15, -0.1) is 0 Å². The fraction of sp³-hybridized carbons (Fsp3) is 1.00. The molecule has 0 amide bonds. The van der Waals surface area contributed by atoms with E-state index in [-0.39, 0.29) is 0 Å². The highest BCUT2D eigenvalue weighted by Crippen LogP contribution is 2.46. The van der Waals surface area contributed by atoms with Gasteiger partial charge >= 0.3 is 0 Å². The highest BCUT2D eigenvalue weighted by atomic mass is 15.2. The van der Waals surface area contributed by atoms with E-state index in [1.165, 1.54) is 12.8 Å². The molecule has 1 nitrogen and oxygen atoms in total. The Morgan fingerprint density at radius 2 is 1.15 bits per heavy atom. The Morgan fingerprint density at radius 1 is 0.800 bits per heavy atom. The maximum atomic E-state index is 2.77. The van der Waals surface area contributed by atoms with Crippen LogP contribution in [0.3, 0.4) is 0 Å². The average molecular weight is 282 g/mol. The van der Waals surface area contributed by atoms with Crippen LogP contribution in [0.1, 0.15) is 82.1 Å². The van der Waals surface area contributed by atoms with Crippen molar-refractivity contribution in [1.82, 2.24) is 4.90 Å². The largest absolute Gasteiger partial charge is 0.295 e. The van der Waals surface area contributed by atoms with Crippen LogP contribution >= 0.6 is 0 Å². The lowest BCUT2D eigenvalue weighted by molar-refractivity contribution is -0.0531. The van der Waals surface area contributed by atoms with E-state index >= 15 is 0 Å². The first-order valence-electron chi connectivity index (χ1n) is 8.67. The van der Waals surface area contributed by atoms with Gasteiger partial charge in [-0.25, -0.2) is 0 Å². The molecule has 0 bridgehead atoms. The van der Waals surface area contributed by atoms with Crippen LogP contribution in [0.2, 0.25) is 0 Å². The molecule has 120 valence electrons. The Morgan fingerprint density at radius 3 is 1.40 bits per heavy atom. The summed E-state index contributed by atoms with van der Waals surface area (Å²) in [5.41, 5.74) is 0.786. The van der Waals surface area contributed by atoms with Gasteiger partial charge in [-0.05, 0) is 63.2 Å². The van der Waals surface area contributed by atoms with Crippen molar-refractivity contribution in [2.24, 2.45) is 22.7 Å². The van der Waals surface area contributed by atoms with Crippen LogP contribution in [0.25, 0.3) is 0 Å². The minimum atomic E-state index is 0.393. The summed E-state index contributed by atoms with van der Waals surface area (Å²) in [6.45, 7) is 24.4. The molecule has 1 fully saturated rings.